The summed E-state index contributed by atoms with van der Waals surface area (Å²) in [5.41, 5.74) is 0. The summed E-state index contributed by atoms with van der Waals surface area (Å²) in [5, 5.41) is 3.57. The van der Waals surface area contributed by atoms with Gasteiger partial charge in [0.25, 0.3) is 0 Å². The van der Waals surface area contributed by atoms with E-state index in [0.29, 0.717) is 11.8 Å². The zero-order valence-electron chi connectivity index (χ0n) is 14.1. The zero-order chi connectivity index (χ0) is 15.1. The first-order valence-corrected chi connectivity index (χ1v) is 8.57. The lowest BCUT2D eigenvalue weighted by atomic mass is 9.99. The third-order valence-corrected chi connectivity index (χ3v) is 4.50. The third-order valence-electron chi connectivity index (χ3n) is 4.50. The molecule has 1 aliphatic rings. The number of nitrogens with one attached hydrogen (secondary N) is 1. The summed E-state index contributed by atoms with van der Waals surface area (Å²) in [5.74, 6) is 1.53. The van der Waals surface area contributed by atoms with Crippen LogP contribution in [0.3, 0.4) is 0 Å². The number of rotatable bonds is 9. The first-order chi connectivity index (χ1) is 9.51. The molecule has 1 fully saturated rings. The van der Waals surface area contributed by atoms with E-state index in [4.69, 9.17) is 0 Å². The normalized spacial score (nSPS) is 24.7. The molecule has 1 rings (SSSR count). The number of hydrogen-bond donors (Lipinski definition) is 1. The zero-order valence-corrected chi connectivity index (χ0v) is 14.1. The molecule has 0 aliphatic carbocycles. The fourth-order valence-corrected chi connectivity index (χ4v) is 2.96. The second-order valence-corrected chi connectivity index (χ2v) is 6.76. The summed E-state index contributed by atoms with van der Waals surface area (Å²) in [6, 6.07) is 0.0432. The van der Waals surface area contributed by atoms with E-state index >= 15 is 0 Å². The summed E-state index contributed by atoms with van der Waals surface area (Å²) >= 11 is 0. The number of nitrogens with zero attached hydrogens (tertiary/aromatic N) is 1. The Morgan fingerprint density at radius 1 is 1.20 bits per heavy atom. The SMILES string of the molecule is CCCC1NC(C(C)CC)C(=O)N1CCCCC(C)C. The average Bonchev–Trinajstić information content (AvgIpc) is 2.71. The van der Waals surface area contributed by atoms with Gasteiger partial charge in [-0.15, -0.1) is 0 Å². The van der Waals surface area contributed by atoms with Crippen molar-refractivity contribution in [2.75, 3.05) is 6.54 Å². The lowest BCUT2D eigenvalue weighted by Crippen LogP contribution is -2.38. The van der Waals surface area contributed by atoms with E-state index in [9.17, 15) is 4.79 Å². The monoisotopic (exact) mass is 282 g/mol. The Bertz CT molecular complexity index is 291. The van der Waals surface area contributed by atoms with Gasteiger partial charge in [-0.3, -0.25) is 10.1 Å². The molecular formula is C17H34N2O. The van der Waals surface area contributed by atoms with Crippen LogP contribution in [-0.2, 0) is 4.79 Å². The average molecular weight is 282 g/mol. The maximum Gasteiger partial charge on any atom is 0.241 e. The number of amides is 1. The highest BCUT2D eigenvalue weighted by Crippen LogP contribution is 2.22. The topological polar surface area (TPSA) is 32.3 Å². The number of hydrogen-bond acceptors (Lipinski definition) is 2. The van der Waals surface area contributed by atoms with Crippen LogP contribution >= 0.6 is 0 Å². The van der Waals surface area contributed by atoms with Crippen molar-refractivity contribution in [2.24, 2.45) is 11.8 Å². The van der Waals surface area contributed by atoms with Crippen molar-refractivity contribution in [3.63, 3.8) is 0 Å². The Labute approximate surface area is 125 Å². The molecule has 3 nitrogen and oxygen atoms in total. The minimum absolute atomic E-state index is 0.0432. The second kappa shape index (κ2) is 8.66. The molecule has 1 aliphatic heterocycles. The Balaban J connectivity index is 2.53. The summed E-state index contributed by atoms with van der Waals surface area (Å²) in [7, 11) is 0. The van der Waals surface area contributed by atoms with E-state index in [1.54, 1.807) is 0 Å². The predicted molar refractivity (Wildman–Crippen MR) is 85.5 cm³/mol. The summed E-state index contributed by atoms with van der Waals surface area (Å²) in [6.45, 7) is 12.0. The lowest BCUT2D eigenvalue weighted by Gasteiger charge is -2.24. The molecular weight excluding hydrogens is 248 g/mol. The maximum absolute atomic E-state index is 12.6. The van der Waals surface area contributed by atoms with Crippen molar-refractivity contribution in [3.05, 3.63) is 0 Å². The summed E-state index contributed by atoms with van der Waals surface area (Å²) in [6.07, 6.45) is 7.16. The molecule has 0 radical (unpaired) electrons. The van der Waals surface area contributed by atoms with Crippen molar-refractivity contribution in [1.29, 1.82) is 0 Å². The van der Waals surface area contributed by atoms with Crippen molar-refractivity contribution >= 4 is 5.91 Å². The highest BCUT2D eigenvalue weighted by atomic mass is 16.2. The Morgan fingerprint density at radius 2 is 1.90 bits per heavy atom. The van der Waals surface area contributed by atoms with Crippen LogP contribution in [0.5, 0.6) is 0 Å². The molecule has 3 atom stereocenters. The molecule has 0 aromatic heterocycles. The lowest BCUT2D eigenvalue weighted by molar-refractivity contribution is -0.131. The fraction of sp³-hybridized carbons (Fsp3) is 0.941. The Hall–Kier alpha value is -0.570. The first kappa shape index (κ1) is 17.5. The van der Waals surface area contributed by atoms with E-state index in [0.717, 1.165) is 38.1 Å². The van der Waals surface area contributed by atoms with Crippen molar-refractivity contribution in [3.8, 4) is 0 Å². The molecule has 1 N–H and O–H groups in total. The standard InChI is InChI=1S/C17H34N2O/c1-6-10-15-18-16(14(5)7-2)17(20)19(15)12-9-8-11-13(3)4/h13-16,18H,6-12H2,1-5H3. The van der Waals surface area contributed by atoms with Crippen molar-refractivity contribution in [1.82, 2.24) is 10.2 Å². The molecule has 0 saturated carbocycles. The molecule has 1 amide bonds. The van der Waals surface area contributed by atoms with Gasteiger partial charge in [-0.25, -0.2) is 0 Å². The van der Waals surface area contributed by atoms with Gasteiger partial charge in [0.2, 0.25) is 5.91 Å². The molecule has 20 heavy (non-hydrogen) atoms. The predicted octanol–water partition coefficient (Wildman–Crippen LogP) is 3.79. The van der Waals surface area contributed by atoms with Crippen molar-refractivity contribution < 1.29 is 4.79 Å². The van der Waals surface area contributed by atoms with Crippen LogP contribution in [0.1, 0.15) is 73.1 Å². The van der Waals surface area contributed by atoms with Gasteiger partial charge in [-0.05, 0) is 24.7 Å². The highest BCUT2D eigenvalue weighted by Gasteiger charge is 2.39. The van der Waals surface area contributed by atoms with Gasteiger partial charge in [0.05, 0.1) is 12.2 Å². The van der Waals surface area contributed by atoms with E-state index < -0.39 is 0 Å². The van der Waals surface area contributed by atoms with Gasteiger partial charge in [-0.1, -0.05) is 60.3 Å². The number of carbonyl (C=O) groups is 1. The van der Waals surface area contributed by atoms with Gasteiger partial charge < -0.3 is 4.90 Å². The second-order valence-electron chi connectivity index (χ2n) is 6.76. The molecule has 0 aromatic rings. The molecule has 1 heterocycles. The Kier molecular flexibility index (Phi) is 7.57. The van der Waals surface area contributed by atoms with E-state index in [1.807, 2.05) is 0 Å². The van der Waals surface area contributed by atoms with Crippen LogP contribution in [0.15, 0.2) is 0 Å². The first-order valence-electron chi connectivity index (χ1n) is 8.57. The molecule has 0 bridgehead atoms. The minimum atomic E-state index is 0.0432. The van der Waals surface area contributed by atoms with E-state index in [-0.39, 0.29) is 12.2 Å². The third kappa shape index (κ3) is 4.76. The van der Waals surface area contributed by atoms with Gasteiger partial charge in [0.15, 0.2) is 0 Å². The summed E-state index contributed by atoms with van der Waals surface area (Å²) < 4.78 is 0. The quantitative estimate of drug-likeness (QED) is 0.653. The molecule has 1 saturated heterocycles. The van der Waals surface area contributed by atoms with Gasteiger partial charge >= 0.3 is 0 Å². The number of carbonyl (C=O) groups excluding carboxylic acids is 1. The van der Waals surface area contributed by atoms with Crippen LogP contribution in [0.25, 0.3) is 0 Å². The van der Waals surface area contributed by atoms with Crippen LogP contribution < -0.4 is 5.32 Å². The van der Waals surface area contributed by atoms with E-state index in [1.165, 1.54) is 12.8 Å². The fourth-order valence-electron chi connectivity index (χ4n) is 2.96. The van der Waals surface area contributed by atoms with Crippen molar-refractivity contribution in [2.45, 2.75) is 85.4 Å². The molecule has 0 spiro atoms. The van der Waals surface area contributed by atoms with Gasteiger partial charge in [-0.2, -0.15) is 0 Å². The molecule has 118 valence electrons. The molecule has 3 heteroatoms. The molecule has 0 aromatic carbocycles. The minimum Gasteiger partial charge on any atom is -0.326 e. The van der Waals surface area contributed by atoms with Crippen LogP contribution in [0, 0.1) is 11.8 Å². The van der Waals surface area contributed by atoms with Crippen LogP contribution in [0.4, 0.5) is 0 Å². The largest absolute Gasteiger partial charge is 0.326 e. The number of unbranched alkanes of at least 4 members (excludes halogenated alkanes) is 1. The highest BCUT2D eigenvalue weighted by molar-refractivity contribution is 5.84. The molecule has 3 unspecified atom stereocenters. The van der Waals surface area contributed by atoms with Crippen LogP contribution in [0.2, 0.25) is 0 Å². The Morgan fingerprint density at radius 3 is 2.45 bits per heavy atom. The van der Waals surface area contributed by atoms with Gasteiger partial charge in [0.1, 0.15) is 0 Å². The smallest absolute Gasteiger partial charge is 0.241 e. The van der Waals surface area contributed by atoms with Gasteiger partial charge in [0, 0.05) is 6.54 Å². The maximum atomic E-state index is 12.6. The summed E-state index contributed by atoms with van der Waals surface area (Å²) in [4.78, 5) is 14.7. The van der Waals surface area contributed by atoms with E-state index in [2.05, 4.69) is 44.8 Å². The van der Waals surface area contributed by atoms with Crippen LogP contribution in [-0.4, -0.2) is 29.6 Å².